The predicted molar refractivity (Wildman–Crippen MR) is 75.7 cm³/mol. The zero-order valence-corrected chi connectivity index (χ0v) is 12.3. The van der Waals surface area contributed by atoms with Crippen LogP contribution in [0.5, 0.6) is 0 Å². The van der Waals surface area contributed by atoms with Gasteiger partial charge in [-0.15, -0.1) is 10.2 Å². The van der Waals surface area contributed by atoms with Crippen LogP contribution in [-0.4, -0.2) is 36.7 Å². The fraction of sp³-hybridized carbons (Fsp3) is 0.182. The number of hydrogen-bond donors (Lipinski definition) is 2. The molecular formula is C11H9Cl2N3O3S. The third-order valence-corrected chi connectivity index (χ3v) is 4.06. The highest BCUT2D eigenvalue weighted by Crippen LogP contribution is 2.31. The number of benzene rings is 1. The van der Waals surface area contributed by atoms with Gasteiger partial charge in [0.25, 0.3) is 0 Å². The van der Waals surface area contributed by atoms with Crippen molar-refractivity contribution in [1.82, 2.24) is 14.8 Å². The van der Waals surface area contributed by atoms with Crippen LogP contribution in [-0.2, 0) is 11.4 Å². The number of thioether (sulfide) groups is 1. The number of aromatic nitrogens is 3. The number of aliphatic carboxylic acids is 1. The lowest BCUT2D eigenvalue weighted by atomic mass is 10.3. The Morgan fingerprint density at radius 2 is 2.10 bits per heavy atom. The van der Waals surface area contributed by atoms with Crippen LogP contribution in [0.3, 0.4) is 0 Å². The number of rotatable bonds is 5. The van der Waals surface area contributed by atoms with Crippen molar-refractivity contribution in [3.8, 4) is 5.69 Å². The Balaban J connectivity index is 2.50. The van der Waals surface area contributed by atoms with E-state index < -0.39 is 5.97 Å². The summed E-state index contributed by atoms with van der Waals surface area (Å²) in [5, 5.41) is 26.6. The smallest absolute Gasteiger partial charge is 0.313 e. The number of halogens is 2. The Morgan fingerprint density at radius 1 is 1.35 bits per heavy atom. The minimum atomic E-state index is -0.979. The van der Waals surface area contributed by atoms with Crippen LogP contribution in [0, 0.1) is 0 Å². The van der Waals surface area contributed by atoms with E-state index in [1.165, 1.54) is 4.57 Å². The van der Waals surface area contributed by atoms with Crippen LogP contribution >= 0.6 is 35.0 Å². The summed E-state index contributed by atoms with van der Waals surface area (Å²) in [5.41, 5.74) is 0.487. The summed E-state index contributed by atoms with van der Waals surface area (Å²) in [6.45, 7) is -0.358. The van der Waals surface area contributed by atoms with Gasteiger partial charge < -0.3 is 10.2 Å². The van der Waals surface area contributed by atoms with Gasteiger partial charge in [-0.3, -0.25) is 9.36 Å². The molecule has 0 bridgehead atoms. The largest absolute Gasteiger partial charge is 0.481 e. The van der Waals surface area contributed by atoms with Crippen LogP contribution in [0.1, 0.15) is 5.82 Å². The van der Waals surface area contributed by atoms with E-state index in [-0.39, 0.29) is 23.2 Å². The van der Waals surface area contributed by atoms with Gasteiger partial charge in [-0.25, -0.2) is 0 Å². The van der Waals surface area contributed by atoms with Crippen LogP contribution in [0.25, 0.3) is 5.69 Å². The van der Waals surface area contributed by atoms with Gasteiger partial charge in [-0.05, 0) is 12.1 Å². The van der Waals surface area contributed by atoms with Gasteiger partial charge in [0.2, 0.25) is 0 Å². The maximum absolute atomic E-state index is 10.6. The number of hydrogen-bond acceptors (Lipinski definition) is 5. The van der Waals surface area contributed by atoms with E-state index in [1.54, 1.807) is 18.2 Å². The highest BCUT2D eigenvalue weighted by molar-refractivity contribution is 7.99. The minimum absolute atomic E-state index is 0.179. The lowest BCUT2D eigenvalue weighted by Crippen LogP contribution is -2.05. The molecule has 1 aromatic carbocycles. The molecule has 6 nitrogen and oxygen atoms in total. The highest BCUT2D eigenvalue weighted by Gasteiger charge is 2.18. The summed E-state index contributed by atoms with van der Waals surface area (Å²) in [4.78, 5) is 10.6. The lowest BCUT2D eigenvalue weighted by Gasteiger charge is -2.11. The molecule has 106 valence electrons. The van der Waals surface area contributed by atoms with Crippen molar-refractivity contribution >= 4 is 40.9 Å². The molecule has 20 heavy (non-hydrogen) atoms. The first-order valence-electron chi connectivity index (χ1n) is 5.38. The summed E-state index contributed by atoms with van der Waals surface area (Å²) in [6, 6.07) is 5.00. The van der Waals surface area contributed by atoms with E-state index in [2.05, 4.69) is 10.2 Å². The van der Waals surface area contributed by atoms with E-state index in [4.69, 9.17) is 28.3 Å². The second-order valence-corrected chi connectivity index (χ2v) is 5.38. The van der Waals surface area contributed by atoms with Crippen molar-refractivity contribution in [2.75, 3.05) is 5.75 Å². The average molecular weight is 334 g/mol. The van der Waals surface area contributed by atoms with Gasteiger partial charge >= 0.3 is 5.97 Å². The molecule has 0 fully saturated rings. The van der Waals surface area contributed by atoms with E-state index >= 15 is 0 Å². The molecule has 0 amide bonds. The van der Waals surface area contributed by atoms with Crippen LogP contribution in [0.15, 0.2) is 23.4 Å². The minimum Gasteiger partial charge on any atom is -0.481 e. The normalized spacial score (nSPS) is 10.8. The first-order valence-corrected chi connectivity index (χ1v) is 7.13. The Kier molecular flexibility index (Phi) is 4.87. The molecule has 9 heteroatoms. The molecule has 2 rings (SSSR count). The quantitative estimate of drug-likeness (QED) is 0.816. The Morgan fingerprint density at radius 3 is 2.75 bits per heavy atom. The second kappa shape index (κ2) is 6.45. The average Bonchev–Trinajstić information content (AvgIpc) is 2.82. The maximum Gasteiger partial charge on any atom is 0.313 e. The summed E-state index contributed by atoms with van der Waals surface area (Å²) >= 11 is 13.1. The van der Waals surface area contributed by atoms with Gasteiger partial charge in [-0.2, -0.15) is 0 Å². The van der Waals surface area contributed by atoms with Crippen molar-refractivity contribution in [2.45, 2.75) is 11.8 Å². The lowest BCUT2D eigenvalue weighted by molar-refractivity contribution is -0.133. The van der Waals surface area contributed by atoms with Crippen molar-refractivity contribution in [3.63, 3.8) is 0 Å². The zero-order valence-electron chi connectivity index (χ0n) is 9.95. The van der Waals surface area contributed by atoms with Crippen LogP contribution in [0.4, 0.5) is 0 Å². The molecule has 0 spiro atoms. The fourth-order valence-corrected chi connectivity index (χ4v) is 2.59. The molecule has 0 unspecified atom stereocenters. The molecule has 0 saturated carbocycles. The second-order valence-electron chi connectivity index (χ2n) is 3.65. The van der Waals surface area contributed by atoms with Gasteiger partial charge in [0.05, 0.1) is 21.5 Å². The maximum atomic E-state index is 10.6. The Hall–Kier alpha value is -1.28. The van der Waals surface area contributed by atoms with Crippen molar-refractivity contribution in [1.29, 1.82) is 0 Å². The molecule has 0 aliphatic rings. The third-order valence-electron chi connectivity index (χ3n) is 2.34. The highest BCUT2D eigenvalue weighted by atomic mass is 35.5. The van der Waals surface area contributed by atoms with E-state index in [0.717, 1.165) is 11.8 Å². The monoisotopic (exact) mass is 333 g/mol. The number of carboxylic acids is 1. The Labute approximate surface area is 128 Å². The Bertz CT molecular complexity index is 648. The number of aliphatic hydroxyl groups is 1. The number of carboxylic acid groups (broad SMARTS) is 1. The summed E-state index contributed by atoms with van der Waals surface area (Å²) in [7, 11) is 0. The zero-order chi connectivity index (χ0) is 14.7. The molecule has 0 atom stereocenters. The number of aliphatic hydroxyl groups excluding tert-OH is 1. The molecule has 1 heterocycles. The van der Waals surface area contributed by atoms with E-state index in [1.807, 2.05) is 0 Å². The molecule has 2 aromatic rings. The van der Waals surface area contributed by atoms with Crippen molar-refractivity contribution in [2.24, 2.45) is 0 Å². The van der Waals surface area contributed by atoms with E-state index in [0.29, 0.717) is 15.9 Å². The molecule has 0 aliphatic heterocycles. The standard InChI is InChI=1S/C11H9Cl2N3O3S/c12-6-2-1-3-7(10(6)13)16-8(4-17)14-15-11(16)20-5-9(18)19/h1-3,17H,4-5H2,(H,18,19). The number of nitrogens with zero attached hydrogens (tertiary/aromatic N) is 3. The van der Waals surface area contributed by atoms with Gasteiger partial charge in [0.1, 0.15) is 6.61 Å². The first kappa shape index (κ1) is 15.1. The number of carbonyl (C=O) groups is 1. The molecule has 2 N–H and O–H groups in total. The van der Waals surface area contributed by atoms with Crippen molar-refractivity contribution in [3.05, 3.63) is 34.1 Å². The molecular weight excluding hydrogens is 325 g/mol. The topological polar surface area (TPSA) is 88.2 Å². The summed E-state index contributed by atoms with van der Waals surface area (Å²) < 4.78 is 1.49. The molecule has 1 aromatic heterocycles. The first-order chi connectivity index (χ1) is 9.54. The SMILES string of the molecule is O=C(O)CSc1nnc(CO)n1-c1cccc(Cl)c1Cl. The fourth-order valence-electron chi connectivity index (χ4n) is 1.53. The predicted octanol–water partition coefficient (Wildman–Crippen LogP) is 2.24. The van der Waals surface area contributed by atoms with Gasteiger partial charge in [-0.1, -0.05) is 41.0 Å². The third kappa shape index (κ3) is 3.06. The van der Waals surface area contributed by atoms with Crippen LogP contribution in [0.2, 0.25) is 10.0 Å². The summed E-state index contributed by atoms with van der Waals surface area (Å²) in [6.07, 6.45) is 0. The van der Waals surface area contributed by atoms with Gasteiger partial charge in [0.15, 0.2) is 11.0 Å². The van der Waals surface area contributed by atoms with Crippen molar-refractivity contribution < 1.29 is 15.0 Å². The van der Waals surface area contributed by atoms with Gasteiger partial charge in [0, 0.05) is 0 Å². The van der Waals surface area contributed by atoms with Crippen LogP contribution < -0.4 is 0 Å². The molecule has 0 radical (unpaired) electrons. The summed E-state index contributed by atoms with van der Waals surface area (Å²) in [5.74, 6) is -0.906. The van der Waals surface area contributed by atoms with E-state index in [9.17, 15) is 9.90 Å². The molecule has 0 saturated heterocycles. The molecule has 0 aliphatic carbocycles.